The molecule has 7 nitrogen and oxygen atoms in total. The van der Waals surface area contributed by atoms with Crippen LogP contribution in [0.15, 0.2) is 52.1 Å². The second-order valence-electron chi connectivity index (χ2n) is 6.17. The molecule has 0 N–H and O–H groups in total. The van der Waals surface area contributed by atoms with Crippen LogP contribution in [0.4, 0.5) is 4.39 Å². The maximum Gasteiger partial charge on any atom is 0.277 e. The van der Waals surface area contributed by atoms with Crippen molar-refractivity contribution in [3.05, 3.63) is 59.7 Å². The monoisotopic (exact) mass is 416 g/mol. The summed E-state index contributed by atoms with van der Waals surface area (Å²) in [6, 6.07) is 11.2. The highest BCUT2D eigenvalue weighted by Gasteiger charge is 2.19. The number of hydrogen-bond acceptors (Lipinski definition) is 8. The van der Waals surface area contributed by atoms with Crippen LogP contribution in [0, 0.1) is 5.82 Å². The number of rotatable bonds is 7. The van der Waals surface area contributed by atoms with Gasteiger partial charge in [0.1, 0.15) is 13.2 Å². The minimum absolute atomic E-state index is 0.0983. The van der Waals surface area contributed by atoms with E-state index in [1.165, 1.54) is 12.1 Å². The number of benzene rings is 2. The van der Waals surface area contributed by atoms with Crippen molar-refractivity contribution in [2.45, 2.75) is 18.3 Å². The number of Topliss-reactive ketones (excluding diaryl/α,β-unsaturated/α-hetero) is 1. The van der Waals surface area contributed by atoms with Crippen molar-refractivity contribution in [3.8, 4) is 17.2 Å². The Morgan fingerprint density at radius 3 is 2.79 bits per heavy atom. The molecule has 2 heterocycles. The third-order valence-electron chi connectivity index (χ3n) is 4.10. The number of hydrogen-bond donors (Lipinski definition) is 0. The van der Waals surface area contributed by atoms with Crippen molar-refractivity contribution >= 4 is 17.5 Å². The fourth-order valence-electron chi connectivity index (χ4n) is 2.65. The lowest BCUT2D eigenvalue weighted by Crippen LogP contribution is -2.16. The summed E-state index contributed by atoms with van der Waals surface area (Å²) in [5, 5.41) is 8.06. The van der Waals surface area contributed by atoms with Gasteiger partial charge in [-0.1, -0.05) is 23.9 Å². The number of fused-ring (bicyclic) bond motifs is 1. The Morgan fingerprint density at radius 1 is 1.17 bits per heavy atom. The molecule has 0 spiro atoms. The van der Waals surface area contributed by atoms with Crippen LogP contribution in [0.25, 0.3) is 0 Å². The highest BCUT2D eigenvalue weighted by atomic mass is 32.2. The van der Waals surface area contributed by atoms with Crippen LogP contribution in [0.1, 0.15) is 29.3 Å². The Kier molecular flexibility index (Phi) is 5.66. The van der Waals surface area contributed by atoms with Crippen LogP contribution in [-0.4, -0.2) is 34.9 Å². The average molecular weight is 416 g/mol. The summed E-state index contributed by atoms with van der Waals surface area (Å²) in [7, 11) is 0. The standard InChI is InChI=1S/C20H17FN2O5S/c1-12(27-16-5-3-2-4-14(16)21)19-22-23-20(28-19)29-11-15(24)13-6-7-17-18(10-13)26-9-8-25-17/h2-7,10,12H,8-9,11H2,1H3/t12-/m1/s1. The molecular formula is C20H17FN2O5S. The quantitative estimate of drug-likeness (QED) is 0.421. The molecule has 1 aromatic heterocycles. The number of nitrogens with zero attached hydrogens (tertiary/aromatic N) is 2. The summed E-state index contributed by atoms with van der Waals surface area (Å²) in [4.78, 5) is 12.4. The lowest BCUT2D eigenvalue weighted by Gasteiger charge is -2.18. The Balaban J connectivity index is 1.35. The molecule has 0 radical (unpaired) electrons. The molecule has 9 heteroatoms. The molecule has 4 rings (SSSR count). The van der Waals surface area contributed by atoms with Crippen LogP contribution < -0.4 is 14.2 Å². The van der Waals surface area contributed by atoms with Gasteiger partial charge in [-0.05, 0) is 37.3 Å². The summed E-state index contributed by atoms with van der Waals surface area (Å²) in [5.41, 5.74) is 0.512. The van der Waals surface area contributed by atoms with Crippen LogP contribution in [0.5, 0.6) is 17.2 Å². The van der Waals surface area contributed by atoms with E-state index in [0.717, 1.165) is 11.8 Å². The number of carbonyl (C=O) groups is 1. The zero-order valence-corrected chi connectivity index (χ0v) is 16.3. The van der Waals surface area contributed by atoms with E-state index in [0.29, 0.717) is 30.3 Å². The van der Waals surface area contributed by atoms with Crippen molar-refractivity contribution in [1.29, 1.82) is 0 Å². The molecule has 3 aromatic rings. The summed E-state index contributed by atoms with van der Waals surface area (Å²) < 4.78 is 35.7. The Hall–Kier alpha value is -3.07. The summed E-state index contributed by atoms with van der Waals surface area (Å²) in [6.45, 7) is 2.63. The second-order valence-corrected chi connectivity index (χ2v) is 7.09. The number of carbonyl (C=O) groups excluding carboxylic acids is 1. The largest absolute Gasteiger partial charge is 0.486 e. The Morgan fingerprint density at radius 2 is 1.97 bits per heavy atom. The summed E-state index contributed by atoms with van der Waals surface area (Å²) in [6.07, 6.45) is -0.637. The molecule has 0 saturated carbocycles. The second kappa shape index (κ2) is 8.52. The first-order chi connectivity index (χ1) is 14.1. The molecule has 0 aliphatic carbocycles. The highest BCUT2D eigenvalue weighted by Crippen LogP contribution is 2.31. The minimum atomic E-state index is -0.637. The van der Waals surface area contributed by atoms with E-state index < -0.39 is 11.9 Å². The van der Waals surface area contributed by atoms with E-state index in [1.54, 1.807) is 37.3 Å². The molecule has 0 saturated heterocycles. The topological polar surface area (TPSA) is 83.7 Å². The van der Waals surface area contributed by atoms with Gasteiger partial charge in [-0.15, -0.1) is 10.2 Å². The Labute approximate surface area is 170 Å². The molecule has 1 atom stereocenters. The number of ketones is 1. The summed E-state index contributed by atoms with van der Waals surface area (Å²) >= 11 is 1.12. The molecule has 29 heavy (non-hydrogen) atoms. The number of ether oxygens (including phenoxy) is 3. The zero-order valence-electron chi connectivity index (χ0n) is 15.5. The summed E-state index contributed by atoms with van der Waals surface area (Å²) in [5.74, 6) is 1.02. The first kappa shape index (κ1) is 19.3. The third-order valence-corrected chi connectivity index (χ3v) is 4.92. The number of thioether (sulfide) groups is 1. The maximum absolute atomic E-state index is 13.7. The molecule has 0 bridgehead atoms. The normalized spacial score (nSPS) is 13.7. The highest BCUT2D eigenvalue weighted by molar-refractivity contribution is 7.99. The van der Waals surface area contributed by atoms with Gasteiger partial charge >= 0.3 is 0 Å². The molecule has 0 fully saturated rings. The van der Waals surface area contributed by atoms with Crippen molar-refractivity contribution in [2.24, 2.45) is 0 Å². The van der Waals surface area contributed by atoms with Gasteiger partial charge in [0.25, 0.3) is 11.1 Å². The van der Waals surface area contributed by atoms with Crippen molar-refractivity contribution in [3.63, 3.8) is 0 Å². The smallest absolute Gasteiger partial charge is 0.277 e. The number of halogens is 1. The predicted molar refractivity (Wildman–Crippen MR) is 102 cm³/mol. The molecule has 0 unspecified atom stereocenters. The zero-order chi connectivity index (χ0) is 20.2. The van der Waals surface area contributed by atoms with E-state index in [1.807, 2.05) is 0 Å². The molecule has 150 valence electrons. The van der Waals surface area contributed by atoms with Gasteiger partial charge in [-0.25, -0.2) is 4.39 Å². The molecule has 1 aliphatic heterocycles. The third kappa shape index (κ3) is 4.51. The van der Waals surface area contributed by atoms with Gasteiger partial charge in [0.15, 0.2) is 35.0 Å². The van der Waals surface area contributed by atoms with Crippen molar-refractivity contribution in [1.82, 2.24) is 10.2 Å². The molecule has 1 aliphatic rings. The lowest BCUT2D eigenvalue weighted by atomic mass is 10.1. The van der Waals surface area contributed by atoms with Crippen LogP contribution >= 0.6 is 11.8 Å². The van der Waals surface area contributed by atoms with Gasteiger partial charge in [0.2, 0.25) is 0 Å². The fourth-order valence-corrected chi connectivity index (χ4v) is 3.32. The number of para-hydroxylation sites is 1. The van der Waals surface area contributed by atoms with Gasteiger partial charge in [-0.2, -0.15) is 0 Å². The SMILES string of the molecule is C[C@@H](Oc1ccccc1F)c1nnc(SCC(=O)c2ccc3c(c2)OCCO3)o1. The maximum atomic E-state index is 13.7. The molecule has 0 amide bonds. The first-order valence-electron chi connectivity index (χ1n) is 8.90. The van der Waals surface area contributed by atoms with E-state index in [9.17, 15) is 9.18 Å². The van der Waals surface area contributed by atoms with E-state index in [-0.39, 0.29) is 28.4 Å². The Bertz CT molecular complexity index is 1030. The minimum Gasteiger partial charge on any atom is -0.486 e. The van der Waals surface area contributed by atoms with Crippen LogP contribution in [0.2, 0.25) is 0 Å². The van der Waals surface area contributed by atoms with E-state index in [4.69, 9.17) is 18.6 Å². The fraction of sp³-hybridized carbons (Fsp3) is 0.250. The predicted octanol–water partition coefficient (Wildman–Crippen LogP) is 4.09. The molecular weight excluding hydrogens is 399 g/mol. The van der Waals surface area contributed by atoms with E-state index in [2.05, 4.69) is 10.2 Å². The average Bonchev–Trinajstić information content (AvgIpc) is 3.22. The van der Waals surface area contributed by atoms with Crippen LogP contribution in [-0.2, 0) is 0 Å². The van der Waals surface area contributed by atoms with Gasteiger partial charge in [0, 0.05) is 5.56 Å². The van der Waals surface area contributed by atoms with Crippen molar-refractivity contribution < 1.29 is 27.8 Å². The van der Waals surface area contributed by atoms with E-state index >= 15 is 0 Å². The van der Waals surface area contributed by atoms with Crippen LogP contribution in [0.3, 0.4) is 0 Å². The number of aromatic nitrogens is 2. The lowest BCUT2D eigenvalue weighted by molar-refractivity contribution is 0.102. The molecule has 2 aromatic carbocycles. The first-order valence-corrected chi connectivity index (χ1v) is 9.89. The van der Waals surface area contributed by atoms with Crippen molar-refractivity contribution in [2.75, 3.05) is 19.0 Å². The van der Waals surface area contributed by atoms with Gasteiger partial charge in [-0.3, -0.25) is 4.79 Å². The van der Waals surface area contributed by atoms with Gasteiger partial charge < -0.3 is 18.6 Å². The van der Waals surface area contributed by atoms with Gasteiger partial charge in [0.05, 0.1) is 5.75 Å².